The molecule has 2 fully saturated rings. The summed E-state index contributed by atoms with van der Waals surface area (Å²) in [5.74, 6) is 0. The number of hydrogen-bond acceptors (Lipinski definition) is 2. The van der Waals surface area contributed by atoms with E-state index >= 15 is 0 Å². The molecule has 2 N–H and O–H groups in total. The first-order valence-electron chi connectivity index (χ1n) is 5.66. The molecule has 4 nitrogen and oxygen atoms in total. The summed E-state index contributed by atoms with van der Waals surface area (Å²) in [6.07, 6.45) is 4.99. The highest BCUT2D eigenvalue weighted by molar-refractivity contribution is 5.64. The first-order chi connectivity index (χ1) is 7.02. The molecule has 1 amide bonds. The predicted molar refractivity (Wildman–Crippen MR) is 55.7 cm³/mol. The summed E-state index contributed by atoms with van der Waals surface area (Å²) in [6.45, 7) is 0. The molecule has 2 aliphatic rings. The fourth-order valence-corrected chi connectivity index (χ4v) is 3.11. The Kier molecular flexibility index (Phi) is 2.63. The van der Waals surface area contributed by atoms with Crippen molar-refractivity contribution in [3.8, 4) is 0 Å². The monoisotopic (exact) mass is 213 g/mol. The molecule has 2 saturated carbocycles. The van der Waals surface area contributed by atoms with Crippen LogP contribution in [0.25, 0.3) is 0 Å². The van der Waals surface area contributed by atoms with Crippen molar-refractivity contribution < 1.29 is 15.0 Å². The summed E-state index contributed by atoms with van der Waals surface area (Å²) in [7, 11) is 1.65. The molecule has 2 aliphatic carbocycles. The molecule has 2 rings (SSSR count). The van der Waals surface area contributed by atoms with Crippen LogP contribution in [-0.2, 0) is 0 Å². The van der Waals surface area contributed by atoms with Crippen molar-refractivity contribution >= 4 is 6.09 Å². The average molecular weight is 213 g/mol. The molecule has 1 spiro atoms. The normalized spacial score (nSPS) is 39.9. The van der Waals surface area contributed by atoms with Gasteiger partial charge in [-0.1, -0.05) is 0 Å². The zero-order valence-corrected chi connectivity index (χ0v) is 9.15. The molecule has 0 aromatic heterocycles. The van der Waals surface area contributed by atoms with E-state index < -0.39 is 6.09 Å². The maximum atomic E-state index is 10.8. The summed E-state index contributed by atoms with van der Waals surface area (Å²) >= 11 is 0. The van der Waals surface area contributed by atoms with Gasteiger partial charge in [0.05, 0.1) is 6.10 Å². The van der Waals surface area contributed by atoms with Crippen LogP contribution in [-0.4, -0.2) is 40.4 Å². The Hall–Kier alpha value is -0.770. The molecule has 0 atom stereocenters. The highest BCUT2D eigenvalue weighted by atomic mass is 16.4. The standard InChI is InChI=1S/C11H19NO3/c1-12(10(14)15)8-2-4-11(5-3-8)6-9(13)7-11/h8-9,13H,2-7H2,1H3,(H,14,15). The van der Waals surface area contributed by atoms with E-state index in [0.717, 1.165) is 38.5 Å². The van der Waals surface area contributed by atoms with Crippen LogP contribution in [0.1, 0.15) is 38.5 Å². The summed E-state index contributed by atoms with van der Waals surface area (Å²) < 4.78 is 0. The number of nitrogens with zero attached hydrogens (tertiary/aromatic N) is 1. The van der Waals surface area contributed by atoms with E-state index in [9.17, 15) is 9.90 Å². The topological polar surface area (TPSA) is 60.8 Å². The molecule has 0 bridgehead atoms. The van der Waals surface area contributed by atoms with Crippen molar-refractivity contribution in [3.63, 3.8) is 0 Å². The minimum Gasteiger partial charge on any atom is -0.465 e. The quantitative estimate of drug-likeness (QED) is 0.696. The van der Waals surface area contributed by atoms with Crippen LogP contribution in [0.15, 0.2) is 0 Å². The third kappa shape index (κ3) is 1.95. The van der Waals surface area contributed by atoms with Gasteiger partial charge in [-0.25, -0.2) is 4.79 Å². The lowest BCUT2D eigenvalue weighted by atomic mass is 9.58. The van der Waals surface area contributed by atoms with Crippen LogP contribution in [0.5, 0.6) is 0 Å². The average Bonchev–Trinajstić information content (AvgIpc) is 2.16. The van der Waals surface area contributed by atoms with Gasteiger partial charge in [0.1, 0.15) is 0 Å². The van der Waals surface area contributed by atoms with Crippen LogP contribution in [0.4, 0.5) is 4.79 Å². The minimum atomic E-state index is -0.829. The van der Waals surface area contributed by atoms with E-state index in [4.69, 9.17) is 5.11 Å². The second-order valence-corrected chi connectivity index (χ2v) is 5.19. The first kappa shape index (κ1) is 10.7. The molecular weight excluding hydrogens is 194 g/mol. The lowest BCUT2D eigenvalue weighted by Gasteiger charge is -2.50. The predicted octanol–water partition coefficient (Wildman–Crippen LogP) is 1.68. The van der Waals surface area contributed by atoms with E-state index in [-0.39, 0.29) is 12.1 Å². The van der Waals surface area contributed by atoms with Gasteiger partial charge in [0.2, 0.25) is 0 Å². The molecule has 4 heteroatoms. The molecule has 0 radical (unpaired) electrons. The molecule has 0 heterocycles. The zero-order valence-electron chi connectivity index (χ0n) is 9.15. The molecule has 0 aromatic rings. The van der Waals surface area contributed by atoms with Crippen molar-refractivity contribution in [1.82, 2.24) is 4.90 Å². The van der Waals surface area contributed by atoms with Gasteiger partial charge in [0.25, 0.3) is 0 Å². The number of aliphatic hydroxyl groups excluding tert-OH is 1. The molecular formula is C11H19NO3. The largest absolute Gasteiger partial charge is 0.465 e. The van der Waals surface area contributed by atoms with Crippen molar-refractivity contribution in [2.24, 2.45) is 5.41 Å². The van der Waals surface area contributed by atoms with Crippen LogP contribution in [0.3, 0.4) is 0 Å². The maximum Gasteiger partial charge on any atom is 0.407 e. The number of carboxylic acid groups (broad SMARTS) is 1. The molecule has 86 valence electrons. The van der Waals surface area contributed by atoms with Gasteiger partial charge in [-0.15, -0.1) is 0 Å². The Labute approximate surface area is 89.9 Å². The Morgan fingerprint density at radius 2 is 1.87 bits per heavy atom. The third-order valence-corrected chi connectivity index (χ3v) is 4.20. The number of aliphatic hydroxyl groups is 1. The Morgan fingerprint density at radius 1 is 1.33 bits per heavy atom. The highest BCUT2D eigenvalue weighted by Crippen LogP contribution is 2.52. The van der Waals surface area contributed by atoms with Crippen molar-refractivity contribution in [2.45, 2.75) is 50.7 Å². The highest BCUT2D eigenvalue weighted by Gasteiger charge is 2.46. The third-order valence-electron chi connectivity index (χ3n) is 4.20. The SMILES string of the molecule is CN(C(=O)O)C1CCC2(CC1)CC(O)C2. The molecule has 0 unspecified atom stereocenters. The second kappa shape index (κ2) is 3.67. The van der Waals surface area contributed by atoms with Gasteiger partial charge in [-0.2, -0.15) is 0 Å². The first-order valence-corrected chi connectivity index (χ1v) is 5.66. The molecule has 15 heavy (non-hydrogen) atoms. The summed E-state index contributed by atoms with van der Waals surface area (Å²) in [5.41, 5.74) is 0.356. The number of carbonyl (C=O) groups is 1. The van der Waals surface area contributed by atoms with Crippen LogP contribution in [0.2, 0.25) is 0 Å². The lowest BCUT2D eigenvalue weighted by Crippen LogP contribution is -2.47. The van der Waals surface area contributed by atoms with E-state index in [1.807, 2.05) is 0 Å². The van der Waals surface area contributed by atoms with Crippen molar-refractivity contribution in [3.05, 3.63) is 0 Å². The molecule has 0 aliphatic heterocycles. The zero-order chi connectivity index (χ0) is 11.1. The maximum absolute atomic E-state index is 10.8. The van der Waals surface area contributed by atoms with Gasteiger partial charge >= 0.3 is 6.09 Å². The Morgan fingerprint density at radius 3 is 2.27 bits per heavy atom. The summed E-state index contributed by atoms with van der Waals surface area (Å²) in [6, 6.07) is 0.186. The lowest BCUT2D eigenvalue weighted by molar-refractivity contribution is -0.0639. The number of rotatable bonds is 1. The number of amides is 1. The van der Waals surface area contributed by atoms with E-state index in [1.165, 1.54) is 4.90 Å². The van der Waals surface area contributed by atoms with Crippen LogP contribution >= 0.6 is 0 Å². The van der Waals surface area contributed by atoms with Crippen molar-refractivity contribution in [2.75, 3.05) is 7.05 Å². The fraction of sp³-hybridized carbons (Fsp3) is 0.909. The fourth-order valence-electron chi connectivity index (χ4n) is 3.11. The number of hydrogen-bond donors (Lipinski definition) is 2. The minimum absolute atomic E-state index is 0.0984. The second-order valence-electron chi connectivity index (χ2n) is 5.19. The Balaban J connectivity index is 1.85. The molecule has 0 saturated heterocycles. The van der Waals surface area contributed by atoms with Gasteiger partial charge < -0.3 is 15.1 Å². The van der Waals surface area contributed by atoms with E-state index in [2.05, 4.69) is 0 Å². The van der Waals surface area contributed by atoms with Crippen molar-refractivity contribution in [1.29, 1.82) is 0 Å². The van der Waals surface area contributed by atoms with E-state index in [1.54, 1.807) is 7.05 Å². The summed E-state index contributed by atoms with van der Waals surface area (Å²) in [5, 5.41) is 18.2. The smallest absolute Gasteiger partial charge is 0.407 e. The molecule has 0 aromatic carbocycles. The summed E-state index contributed by atoms with van der Waals surface area (Å²) in [4.78, 5) is 12.2. The van der Waals surface area contributed by atoms with Gasteiger partial charge in [-0.05, 0) is 43.9 Å². The van der Waals surface area contributed by atoms with Crippen LogP contribution in [0, 0.1) is 5.41 Å². The van der Waals surface area contributed by atoms with E-state index in [0.29, 0.717) is 5.41 Å². The van der Waals surface area contributed by atoms with Gasteiger partial charge in [0, 0.05) is 13.1 Å². The van der Waals surface area contributed by atoms with Gasteiger partial charge in [0.15, 0.2) is 0 Å². The van der Waals surface area contributed by atoms with Crippen LogP contribution < -0.4 is 0 Å². The Bertz CT molecular complexity index is 251. The van der Waals surface area contributed by atoms with Gasteiger partial charge in [-0.3, -0.25) is 0 Å².